The molecule has 0 bridgehead atoms. The van der Waals surface area contributed by atoms with E-state index in [0.29, 0.717) is 13.1 Å². The van der Waals surface area contributed by atoms with E-state index >= 15 is 0 Å². The van der Waals surface area contributed by atoms with Crippen molar-refractivity contribution in [1.82, 2.24) is 4.90 Å². The van der Waals surface area contributed by atoms with Gasteiger partial charge in [-0.05, 0) is 22.6 Å². The maximum absolute atomic E-state index is 13.2. The molecule has 0 aliphatic carbocycles. The van der Waals surface area contributed by atoms with E-state index in [4.69, 9.17) is 0 Å². The number of anilines is 1. The lowest BCUT2D eigenvalue weighted by Gasteiger charge is -2.24. The molecule has 0 saturated carbocycles. The Morgan fingerprint density at radius 2 is 1.18 bits per heavy atom. The highest BCUT2D eigenvalue weighted by Crippen LogP contribution is 2.23. The summed E-state index contributed by atoms with van der Waals surface area (Å²) in [6, 6.07) is 34.1. The van der Waals surface area contributed by atoms with Crippen LogP contribution in [0, 0.1) is 0 Å². The first kappa shape index (κ1) is 17.8. The summed E-state index contributed by atoms with van der Waals surface area (Å²) in [5.74, 6) is 0. The number of urea groups is 1. The molecule has 0 heterocycles. The minimum atomic E-state index is -0.107. The molecule has 0 spiro atoms. The first-order chi connectivity index (χ1) is 13.8. The van der Waals surface area contributed by atoms with E-state index in [1.54, 1.807) is 0 Å². The fraction of sp³-hybridized carbons (Fsp3) is 0.0800. The van der Waals surface area contributed by atoms with Crippen LogP contribution in [0.1, 0.15) is 11.1 Å². The van der Waals surface area contributed by atoms with Crippen molar-refractivity contribution in [3.63, 3.8) is 0 Å². The Balaban J connectivity index is 1.60. The van der Waals surface area contributed by atoms with E-state index < -0.39 is 0 Å². The highest BCUT2D eigenvalue weighted by molar-refractivity contribution is 6.01. The summed E-state index contributed by atoms with van der Waals surface area (Å²) < 4.78 is 0. The van der Waals surface area contributed by atoms with Crippen molar-refractivity contribution in [2.45, 2.75) is 13.1 Å². The average molecular weight is 366 g/mol. The highest BCUT2D eigenvalue weighted by atomic mass is 16.2. The van der Waals surface area contributed by atoms with Crippen molar-refractivity contribution >= 4 is 22.5 Å². The number of rotatable bonds is 5. The molecule has 0 radical (unpaired) electrons. The third kappa shape index (κ3) is 4.21. The summed E-state index contributed by atoms with van der Waals surface area (Å²) in [5.41, 5.74) is 3.03. The number of hydrogen-bond donors (Lipinski definition) is 1. The molecule has 138 valence electrons. The second kappa shape index (κ2) is 8.40. The van der Waals surface area contributed by atoms with E-state index in [2.05, 4.69) is 17.4 Å². The van der Waals surface area contributed by atoms with Gasteiger partial charge >= 0.3 is 6.03 Å². The van der Waals surface area contributed by atoms with Crippen LogP contribution in [0.3, 0.4) is 0 Å². The molecule has 0 atom stereocenters. The largest absolute Gasteiger partial charge is 0.322 e. The molecular weight excluding hydrogens is 344 g/mol. The van der Waals surface area contributed by atoms with E-state index in [1.165, 1.54) is 0 Å². The lowest BCUT2D eigenvalue weighted by molar-refractivity contribution is 0.206. The number of amides is 2. The lowest BCUT2D eigenvalue weighted by atomic mass is 10.1. The predicted octanol–water partition coefficient (Wildman–Crippen LogP) is 6.07. The molecule has 2 amide bonds. The number of nitrogens with one attached hydrogen (secondary N) is 1. The van der Waals surface area contributed by atoms with Gasteiger partial charge in [0.2, 0.25) is 0 Å². The summed E-state index contributed by atoms with van der Waals surface area (Å²) in [5, 5.41) is 5.26. The highest BCUT2D eigenvalue weighted by Gasteiger charge is 2.16. The van der Waals surface area contributed by atoms with Crippen LogP contribution in [0.5, 0.6) is 0 Å². The van der Waals surface area contributed by atoms with Gasteiger partial charge < -0.3 is 10.2 Å². The molecule has 4 aromatic carbocycles. The minimum Gasteiger partial charge on any atom is -0.316 e. The van der Waals surface area contributed by atoms with Crippen molar-refractivity contribution in [3.8, 4) is 0 Å². The van der Waals surface area contributed by atoms with Crippen molar-refractivity contribution in [2.75, 3.05) is 5.32 Å². The number of benzene rings is 4. The van der Waals surface area contributed by atoms with Gasteiger partial charge in [0.15, 0.2) is 0 Å². The van der Waals surface area contributed by atoms with Crippen LogP contribution < -0.4 is 5.32 Å². The summed E-state index contributed by atoms with van der Waals surface area (Å²) in [7, 11) is 0. The molecule has 0 aliphatic rings. The fourth-order valence-electron chi connectivity index (χ4n) is 3.34. The molecule has 4 aromatic rings. The van der Waals surface area contributed by atoms with Crippen LogP contribution in [0.2, 0.25) is 0 Å². The second-order valence-corrected chi connectivity index (χ2v) is 6.78. The van der Waals surface area contributed by atoms with Crippen molar-refractivity contribution in [3.05, 3.63) is 114 Å². The Hall–Kier alpha value is -3.59. The van der Waals surface area contributed by atoms with Crippen LogP contribution in [0.4, 0.5) is 10.5 Å². The van der Waals surface area contributed by atoms with E-state index in [-0.39, 0.29) is 6.03 Å². The van der Waals surface area contributed by atoms with Crippen LogP contribution in [0.25, 0.3) is 10.8 Å². The van der Waals surface area contributed by atoms with E-state index in [0.717, 1.165) is 27.6 Å². The van der Waals surface area contributed by atoms with Crippen LogP contribution in [-0.2, 0) is 13.1 Å². The van der Waals surface area contributed by atoms with Gasteiger partial charge in [-0.25, -0.2) is 4.79 Å². The quantitative estimate of drug-likeness (QED) is 0.456. The summed E-state index contributed by atoms with van der Waals surface area (Å²) in [6.07, 6.45) is 0. The normalized spacial score (nSPS) is 10.6. The number of nitrogens with zero attached hydrogens (tertiary/aromatic N) is 1. The van der Waals surface area contributed by atoms with Crippen molar-refractivity contribution in [1.29, 1.82) is 0 Å². The monoisotopic (exact) mass is 366 g/mol. The summed E-state index contributed by atoms with van der Waals surface area (Å²) in [6.45, 7) is 1.10. The van der Waals surface area contributed by atoms with Gasteiger partial charge in [-0.15, -0.1) is 0 Å². The van der Waals surface area contributed by atoms with Gasteiger partial charge in [0.25, 0.3) is 0 Å². The Bertz CT molecular complexity index is 1010. The third-order valence-electron chi connectivity index (χ3n) is 4.75. The molecule has 1 N–H and O–H groups in total. The molecule has 0 saturated heterocycles. The number of carbonyl (C=O) groups excluding carboxylic acids is 1. The van der Waals surface area contributed by atoms with Crippen molar-refractivity contribution < 1.29 is 4.79 Å². The van der Waals surface area contributed by atoms with Crippen molar-refractivity contribution in [2.24, 2.45) is 0 Å². The summed E-state index contributed by atoms with van der Waals surface area (Å²) >= 11 is 0. The SMILES string of the molecule is O=C(Nc1cccc2ccccc12)N(Cc1ccccc1)Cc1ccccc1. The first-order valence-corrected chi connectivity index (χ1v) is 9.41. The zero-order valence-electron chi connectivity index (χ0n) is 15.6. The Morgan fingerprint density at radius 3 is 1.82 bits per heavy atom. The fourth-order valence-corrected chi connectivity index (χ4v) is 3.34. The Labute approximate surface area is 165 Å². The second-order valence-electron chi connectivity index (χ2n) is 6.78. The topological polar surface area (TPSA) is 32.3 Å². The smallest absolute Gasteiger partial charge is 0.316 e. The molecule has 3 nitrogen and oxygen atoms in total. The molecule has 0 unspecified atom stereocenters. The Morgan fingerprint density at radius 1 is 0.643 bits per heavy atom. The van der Waals surface area contributed by atoms with Gasteiger partial charge in [-0.2, -0.15) is 0 Å². The average Bonchev–Trinajstić information content (AvgIpc) is 2.75. The zero-order valence-corrected chi connectivity index (χ0v) is 15.6. The standard InChI is InChI=1S/C25H22N2O/c28-25(26-24-17-9-15-22-14-7-8-16-23(22)24)27(18-20-10-3-1-4-11-20)19-21-12-5-2-6-13-21/h1-17H,18-19H2,(H,26,28). The van der Waals surface area contributed by atoms with Gasteiger partial charge in [0, 0.05) is 18.5 Å². The molecule has 28 heavy (non-hydrogen) atoms. The molecule has 4 rings (SSSR count). The lowest BCUT2D eigenvalue weighted by Crippen LogP contribution is -2.34. The third-order valence-corrected chi connectivity index (χ3v) is 4.75. The molecule has 0 fully saturated rings. The number of carbonyl (C=O) groups is 1. The molecule has 3 heteroatoms. The van der Waals surface area contributed by atoms with E-state index in [9.17, 15) is 4.79 Å². The molecule has 0 aliphatic heterocycles. The molecule has 0 aromatic heterocycles. The maximum Gasteiger partial charge on any atom is 0.322 e. The minimum absolute atomic E-state index is 0.107. The van der Waals surface area contributed by atoms with Crippen LogP contribution >= 0.6 is 0 Å². The maximum atomic E-state index is 13.2. The van der Waals surface area contributed by atoms with Crippen LogP contribution in [-0.4, -0.2) is 10.9 Å². The number of hydrogen-bond acceptors (Lipinski definition) is 1. The van der Waals surface area contributed by atoms with Gasteiger partial charge in [0.1, 0.15) is 0 Å². The predicted molar refractivity (Wildman–Crippen MR) is 115 cm³/mol. The molecular formula is C25H22N2O. The Kier molecular flexibility index (Phi) is 5.34. The number of fused-ring (bicyclic) bond motifs is 1. The summed E-state index contributed by atoms with van der Waals surface area (Å²) in [4.78, 5) is 15.0. The van der Waals surface area contributed by atoms with Gasteiger partial charge in [0.05, 0.1) is 5.69 Å². The van der Waals surface area contributed by atoms with Gasteiger partial charge in [-0.1, -0.05) is 97.1 Å². The zero-order chi connectivity index (χ0) is 19.2. The first-order valence-electron chi connectivity index (χ1n) is 9.41. The van der Waals surface area contributed by atoms with Crippen LogP contribution in [0.15, 0.2) is 103 Å². The van der Waals surface area contributed by atoms with E-state index in [1.807, 2.05) is 95.9 Å². The van der Waals surface area contributed by atoms with Gasteiger partial charge in [-0.3, -0.25) is 0 Å².